The summed E-state index contributed by atoms with van der Waals surface area (Å²) in [5, 5.41) is 19.0. The number of aliphatic hydroxyl groups is 1. The van der Waals surface area contributed by atoms with Gasteiger partial charge in [-0.3, -0.25) is 4.79 Å². The Labute approximate surface area is 250 Å². The van der Waals surface area contributed by atoms with Gasteiger partial charge in [-0.2, -0.15) is 17.9 Å². The number of aromatic nitrogens is 3. The lowest BCUT2D eigenvalue weighted by atomic mass is 9.98. The summed E-state index contributed by atoms with van der Waals surface area (Å²) in [6.07, 6.45) is -3.12. The van der Waals surface area contributed by atoms with Crippen LogP contribution in [0.2, 0.25) is 0 Å². The minimum atomic E-state index is -4.77. The quantitative estimate of drug-likeness (QED) is 0.277. The molecule has 0 bridgehead atoms. The van der Waals surface area contributed by atoms with Crippen molar-refractivity contribution >= 4 is 38.0 Å². The van der Waals surface area contributed by atoms with Crippen molar-refractivity contribution in [3.8, 4) is 21.3 Å². The zero-order valence-electron chi connectivity index (χ0n) is 23.8. The summed E-state index contributed by atoms with van der Waals surface area (Å²) in [5.74, 6) is 0.0922. The smallest absolute Gasteiger partial charge is 0.404 e. The summed E-state index contributed by atoms with van der Waals surface area (Å²) in [5.41, 5.74) is -0.857. The van der Waals surface area contributed by atoms with Gasteiger partial charge in [-0.25, -0.2) is 13.4 Å². The third-order valence-corrected chi connectivity index (χ3v) is 9.95. The van der Waals surface area contributed by atoms with Gasteiger partial charge in [0.2, 0.25) is 15.9 Å². The van der Waals surface area contributed by atoms with Crippen molar-refractivity contribution in [3.63, 3.8) is 0 Å². The fraction of sp³-hybridized carbons (Fsp3) is 0.429. The standard InChI is InChI=1S/C28H30F3N5O5S2/c1-15-11-13-36(14-12-15)25(37)21-22(42-24(32-21)23-33-34-26(41-23)27(3,4)38)19-9-10-20(18-8-6-5-7-17(18)19)43(39,40)35-16(2)28(29,30)31/h5-10,15-16,35,38H,11-14H2,1-4H3. The number of piperidine rings is 1. The summed E-state index contributed by atoms with van der Waals surface area (Å²) in [6.45, 7) is 6.89. The molecule has 43 heavy (non-hydrogen) atoms. The molecule has 1 aliphatic rings. The van der Waals surface area contributed by atoms with Gasteiger partial charge in [-0.15, -0.1) is 21.5 Å². The molecule has 0 saturated carbocycles. The van der Waals surface area contributed by atoms with Crippen LogP contribution in [0.5, 0.6) is 0 Å². The summed E-state index contributed by atoms with van der Waals surface area (Å²) >= 11 is 1.07. The Morgan fingerprint density at radius 3 is 2.37 bits per heavy atom. The van der Waals surface area contributed by atoms with Gasteiger partial charge in [-0.05, 0) is 51.0 Å². The lowest BCUT2D eigenvalue weighted by molar-refractivity contribution is -0.147. The van der Waals surface area contributed by atoms with E-state index in [9.17, 15) is 31.5 Å². The number of hydrogen-bond donors (Lipinski definition) is 2. The molecule has 10 nitrogen and oxygen atoms in total. The average Bonchev–Trinajstić information content (AvgIpc) is 3.60. The maximum Gasteiger partial charge on any atom is 0.404 e. The number of nitrogens with zero attached hydrogens (tertiary/aromatic N) is 4. The third kappa shape index (κ3) is 6.30. The highest BCUT2D eigenvalue weighted by atomic mass is 32.2. The van der Waals surface area contributed by atoms with E-state index in [0.29, 0.717) is 34.8 Å². The molecule has 1 amide bonds. The first-order chi connectivity index (χ1) is 20.1. The number of benzene rings is 2. The number of alkyl halides is 3. The molecule has 4 aromatic rings. The maximum atomic E-state index is 13.8. The van der Waals surface area contributed by atoms with E-state index in [4.69, 9.17) is 4.42 Å². The van der Waals surface area contributed by atoms with Crippen molar-refractivity contribution in [1.29, 1.82) is 0 Å². The Kier molecular flexibility index (Phi) is 8.13. The Morgan fingerprint density at radius 1 is 1.12 bits per heavy atom. The van der Waals surface area contributed by atoms with E-state index in [1.54, 1.807) is 27.8 Å². The van der Waals surface area contributed by atoms with Gasteiger partial charge in [0, 0.05) is 24.0 Å². The Bertz CT molecular complexity index is 1770. The summed E-state index contributed by atoms with van der Waals surface area (Å²) in [6, 6.07) is 6.74. The van der Waals surface area contributed by atoms with E-state index in [0.717, 1.165) is 31.1 Å². The molecule has 1 fully saturated rings. The number of fused-ring (bicyclic) bond motifs is 1. The number of halogens is 3. The topological polar surface area (TPSA) is 139 Å². The van der Waals surface area contributed by atoms with E-state index in [2.05, 4.69) is 22.1 Å². The lowest BCUT2D eigenvalue weighted by Crippen LogP contribution is -2.43. The van der Waals surface area contributed by atoms with E-state index in [1.807, 2.05) is 0 Å². The van der Waals surface area contributed by atoms with Gasteiger partial charge in [0.1, 0.15) is 17.3 Å². The zero-order valence-corrected chi connectivity index (χ0v) is 25.4. The van der Waals surface area contributed by atoms with Crippen molar-refractivity contribution in [3.05, 3.63) is 48.0 Å². The number of thiazole rings is 1. The molecule has 1 unspecified atom stereocenters. The summed E-state index contributed by atoms with van der Waals surface area (Å²) in [4.78, 5) is 20.2. The first-order valence-electron chi connectivity index (χ1n) is 13.5. The Morgan fingerprint density at radius 2 is 1.77 bits per heavy atom. The lowest BCUT2D eigenvalue weighted by Gasteiger charge is -2.30. The molecule has 5 rings (SSSR count). The van der Waals surface area contributed by atoms with Crippen LogP contribution in [0.3, 0.4) is 0 Å². The molecular weight excluding hydrogens is 607 g/mol. The summed E-state index contributed by atoms with van der Waals surface area (Å²) in [7, 11) is -4.58. The number of carbonyl (C=O) groups is 1. The van der Waals surface area contributed by atoms with Gasteiger partial charge >= 0.3 is 6.18 Å². The predicted octanol–water partition coefficient (Wildman–Crippen LogP) is 5.34. The van der Waals surface area contributed by atoms with Gasteiger partial charge in [0.25, 0.3) is 11.8 Å². The molecular formula is C28H30F3N5O5S2. The molecule has 15 heteroatoms. The van der Waals surface area contributed by atoms with Gasteiger partial charge in [0.05, 0.1) is 9.77 Å². The van der Waals surface area contributed by atoms with Crippen molar-refractivity contribution in [2.45, 2.75) is 63.3 Å². The number of carbonyl (C=O) groups excluding carboxylic acids is 1. The first-order valence-corrected chi connectivity index (χ1v) is 15.8. The molecule has 0 radical (unpaired) electrons. The van der Waals surface area contributed by atoms with Crippen molar-refractivity contribution in [2.24, 2.45) is 5.92 Å². The van der Waals surface area contributed by atoms with E-state index < -0.39 is 27.8 Å². The SMILES string of the molecule is CC1CCN(C(=O)c2nc(-c3nnc(C(C)(C)O)o3)sc2-c2ccc(S(=O)(=O)NC(C)C(F)(F)F)c3ccccc23)CC1. The second kappa shape index (κ2) is 11.3. The van der Waals surface area contributed by atoms with Crippen LogP contribution in [0.4, 0.5) is 13.2 Å². The van der Waals surface area contributed by atoms with E-state index in [1.165, 1.54) is 32.0 Å². The molecule has 2 N–H and O–H groups in total. The first kappa shape index (κ1) is 31.0. The van der Waals surface area contributed by atoms with Gasteiger partial charge in [-0.1, -0.05) is 37.3 Å². The minimum Gasteiger partial charge on any atom is -0.415 e. The van der Waals surface area contributed by atoms with Crippen molar-refractivity contribution in [1.82, 2.24) is 24.8 Å². The number of amides is 1. The second-order valence-electron chi connectivity index (χ2n) is 11.2. The van der Waals surface area contributed by atoms with E-state index >= 15 is 0 Å². The van der Waals surface area contributed by atoms with Crippen molar-refractivity contribution < 1.29 is 35.9 Å². The molecule has 2 aromatic carbocycles. The number of nitrogens with one attached hydrogen (secondary N) is 1. The molecule has 230 valence electrons. The van der Waals surface area contributed by atoms with Crippen LogP contribution in [0, 0.1) is 5.92 Å². The van der Waals surface area contributed by atoms with Crippen LogP contribution in [0.25, 0.3) is 32.1 Å². The van der Waals surface area contributed by atoms with Crippen molar-refractivity contribution in [2.75, 3.05) is 13.1 Å². The van der Waals surface area contributed by atoms with E-state index in [-0.39, 0.29) is 38.7 Å². The maximum absolute atomic E-state index is 13.8. The van der Waals surface area contributed by atoms with Crippen LogP contribution in [0.1, 0.15) is 56.9 Å². The summed E-state index contributed by atoms with van der Waals surface area (Å²) < 4.78 is 73.2. The molecule has 2 aromatic heterocycles. The largest absolute Gasteiger partial charge is 0.415 e. The van der Waals surface area contributed by atoms with Crippen LogP contribution in [-0.4, -0.2) is 64.8 Å². The minimum absolute atomic E-state index is 0.0106. The Hall–Kier alpha value is -3.40. The number of hydrogen-bond acceptors (Lipinski definition) is 9. The molecule has 3 heterocycles. The van der Waals surface area contributed by atoms with Crippen LogP contribution in [0.15, 0.2) is 45.7 Å². The van der Waals surface area contributed by atoms with Gasteiger partial charge < -0.3 is 14.4 Å². The highest BCUT2D eigenvalue weighted by molar-refractivity contribution is 7.89. The van der Waals surface area contributed by atoms with Crippen LogP contribution in [-0.2, 0) is 15.6 Å². The van der Waals surface area contributed by atoms with Crippen LogP contribution < -0.4 is 4.72 Å². The molecule has 1 atom stereocenters. The molecule has 0 spiro atoms. The number of sulfonamides is 1. The normalized spacial score (nSPS) is 16.1. The fourth-order valence-electron chi connectivity index (χ4n) is 4.72. The third-order valence-electron chi connectivity index (χ3n) is 7.27. The Balaban J connectivity index is 1.65. The zero-order chi connectivity index (χ0) is 31.3. The molecule has 1 saturated heterocycles. The highest BCUT2D eigenvalue weighted by Crippen LogP contribution is 2.41. The number of likely N-dealkylation sites (tertiary alicyclic amines) is 1. The van der Waals surface area contributed by atoms with Crippen LogP contribution >= 0.6 is 11.3 Å². The fourth-order valence-corrected chi connectivity index (χ4v) is 7.18. The highest BCUT2D eigenvalue weighted by Gasteiger charge is 2.39. The number of rotatable bonds is 7. The monoisotopic (exact) mass is 637 g/mol. The second-order valence-corrected chi connectivity index (χ2v) is 13.9. The van der Waals surface area contributed by atoms with Gasteiger partial charge in [0.15, 0.2) is 5.01 Å². The molecule has 0 aliphatic carbocycles. The predicted molar refractivity (Wildman–Crippen MR) is 154 cm³/mol. The average molecular weight is 638 g/mol. The molecule has 1 aliphatic heterocycles.